The molecule has 0 fully saturated rings. The molecule has 13 heavy (non-hydrogen) atoms. The molecular weight excluding hydrogens is 166 g/mol. The topological polar surface area (TPSA) is 58.4 Å². The van der Waals surface area contributed by atoms with E-state index < -0.39 is 0 Å². The average Bonchev–Trinajstić information content (AvgIpc) is 2.12. The molecule has 0 bridgehead atoms. The van der Waals surface area contributed by atoms with Crippen LogP contribution in [0, 0.1) is 0 Å². The lowest BCUT2D eigenvalue weighted by atomic mass is 10.2. The zero-order valence-corrected chi connectivity index (χ0v) is 8.68. The van der Waals surface area contributed by atoms with E-state index in [9.17, 15) is 4.79 Å². The van der Waals surface area contributed by atoms with Gasteiger partial charge in [-0.05, 0) is 26.3 Å². The summed E-state index contributed by atoms with van der Waals surface area (Å²) in [5.74, 6) is 0. The summed E-state index contributed by atoms with van der Waals surface area (Å²) in [6.07, 6.45) is 3.17. The lowest BCUT2D eigenvalue weighted by molar-refractivity contribution is 0.208. The highest BCUT2D eigenvalue weighted by Crippen LogP contribution is 1.96. The molecule has 0 aliphatic heterocycles. The highest BCUT2D eigenvalue weighted by Gasteiger charge is 2.04. The monoisotopic (exact) mass is 187 g/mol. The van der Waals surface area contributed by atoms with E-state index in [1.165, 1.54) is 0 Å². The molecular formula is C9H21N3O. The van der Waals surface area contributed by atoms with Crippen LogP contribution in [0.3, 0.4) is 0 Å². The second kappa shape index (κ2) is 7.86. The number of hydrogen-bond acceptors (Lipinski definition) is 2. The average molecular weight is 187 g/mol. The molecule has 0 heterocycles. The quantitative estimate of drug-likeness (QED) is 0.604. The van der Waals surface area contributed by atoms with Crippen molar-refractivity contribution in [1.29, 1.82) is 0 Å². The predicted molar refractivity (Wildman–Crippen MR) is 54.6 cm³/mol. The number of unbranched alkanes of at least 4 members (excludes halogenated alkanes) is 2. The Kier molecular flexibility index (Phi) is 7.39. The van der Waals surface area contributed by atoms with Crippen LogP contribution in [0.5, 0.6) is 0 Å². The summed E-state index contributed by atoms with van der Waals surface area (Å²) in [7, 11) is 1.81. The van der Waals surface area contributed by atoms with Crippen molar-refractivity contribution in [2.24, 2.45) is 5.73 Å². The number of urea groups is 1. The highest BCUT2D eigenvalue weighted by molar-refractivity contribution is 5.73. The van der Waals surface area contributed by atoms with Crippen molar-refractivity contribution in [3.05, 3.63) is 0 Å². The van der Waals surface area contributed by atoms with E-state index in [0.717, 1.165) is 32.4 Å². The number of nitrogens with one attached hydrogen (secondary N) is 1. The first-order valence-corrected chi connectivity index (χ1v) is 4.91. The number of nitrogens with two attached hydrogens (primary N) is 1. The zero-order valence-electron chi connectivity index (χ0n) is 8.68. The van der Waals surface area contributed by atoms with Gasteiger partial charge in [-0.1, -0.05) is 6.42 Å². The smallest absolute Gasteiger partial charge is 0.317 e. The maximum Gasteiger partial charge on any atom is 0.317 e. The Morgan fingerprint density at radius 2 is 2.08 bits per heavy atom. The van der Waals surface area contributed by atoms with Gasteiger partial charge in [-0.2, -0.15) is 0 Å². The van der Waals surface area contributed by atoms with Crippen LogP contribution in [0.15, 0.2) is 0 Å². The molecule has 0 radical (unpaired) electrons. The Bertz CT molecular complexity index is 139. The van der Waals surface area contributed by atoms with Crippen LogP contribution in [0.25, 0.3) is 0 Å². The lowest BCUT2D eigenvalue weighted by Crippen LogP contribution is -2.37. The molecule has 0 saturated heterocycles. The minimum absolute atomic E-state index is 0.00949. The van der Waals surface area contributed by atoms with Gasteiger partial charge in [-0.25, -0.2) is 4.79 Å². The number of hydrogen-bond donors (Lipinski definition) is 2. The van der Waals surface area contributed by atoms with Crippen molar-refractivity contribution in [3.8, 4) is 0 Å². The Labute approximate surface area is 80.5 Å². The molecule has 0 atom stereocenters. The minimum atomic E-state index is 0.00949. The van der Waals surface area contributed by atoms with Crippen LogP contribution < -0.4 is 11.1 Å². The van der Waals surface area contributed by atoms with E-state index in [0.29, 0.717) is 6.54 Å². The molecule has 4 heteroatoms. The first-order valence-electron chi connectivity index (χ1n) is 4.91. The van der Waals surface area contributed by atoms with Crippen LogP contribution in [0.1, 0.15) is 26.2 Å². The minimum Gasteiger partial charge on any atom is -0.338 e. The molecule has 78 valence electrons. The highest BCUT2D eigenvalue weighted by atomic mass is 16.2. The predicted octanol–water partition coefficient (Wildman–Crippen LogP) is 0.777. The van der Waals surface area contributed by atoms with E-state index in [4.69, 9.17) is 5.73 Å². The molecule has 0 unspecified atom stereocenters. The molecule has 0 spiro atoms. The number of carbonyl (C=O) groups excluding carboxylic acids is 1. The molecule has 0 aliphatic rings. The second-order valence-electron chi connectivity index (χ2n) is 3.11. The van der Waals surface area contributed by atoms with E-state index in [1.807, 2.05) is 14.0 Å². The first kappa shape index (κ1) is 12.2. The van der Waals surface area contributed by atoms with Crippen molar-refractivity contribution < 1.29 is 4.79 Å². The zero-order chi connectivity index (χ0) is 10.1. The van der Waals surface area contributed by atoms with Gasteiger partial charge in [0, 0.05) is 20.1 Å². The van der Waals surface area contributed by atoms with Crippen LogP contribution >= 0.6 is 0 Å². The van der Waals surface area contributed by atoms with Gasteiger partial charge in [0.15, 0.2) is 0 Å². The van der Waals surface area contributed by atoms with Crippen molar-refractivity contribution in [1.82, 2.24) is 10.2 Å². The largest absolute Gasteiger partial charge is 0.338 e. The van der Waals surface area contributed by atoms with Crippen LogP contribution in [-0.4, -0.2) is 37.6 Å². The van der Waals surface area contributed by atoms with Crippen molar-refractivity contribution in [2.45, 2.75) is 26.2 Å². The summed E-state index contributed by atoms with van der Waals surface area (Å²) < 4.78 is 0. The molecule has 0 rings (SSSR count). The van der Waals surface area contributed by atoms with Crippen LogP contribution in [0.4, 0.5) is 4.79 Å². The third-order valence-corrected chi connectivity index (χ3v) is 1.87. The van der Waals surface area contributed by atoms with Crippen LogP contribution in [-0.2, 0) is 0 Å². The van der Waals surface area contributed by atoms with Crippen molar-refractivity contribution >= 4 is 6.03 Å². The molecule has 0 saturated carbocycles. The third-order valence-electron chi connectivity index (χ3n) is 1.87. The number of nitrogens with zero attached hydrogens (tertiary/aromatic N) is 1. The van der Waals surface area contributed by atoms with Gasteiger partial charge in [0.05, 0.1) is 0 Å². The van der Waals surface area contributed by atoms with Gasteiger partial charge in [0.2, 0.25) is 0 Å². The summed E-state index contributed by atoms with van der Waals surface area (Å²) in [5, 5.41) is 2.75. The third kappa shape index (κ3) is 6.40. The molecule has 0 aliphatic carbocycles. The maximum absolute atomic E-state index is 11.2. The van der Waals surface area contributed by atoms with E-state index >= 15 is 0 Å². The number of amides is 2. The molecule has 2 amide bonds. The van der Waals surface area contributed by atoms with Gasteiger partial charge in [-0.3, -0.25) is 0 Å². The molecule has 0 aromatic rings. The van der Waals surface area contributed by atoms with Gasteiger partial charge < -0.3 is 16.0 Å². The lowest BCUT2D eigenvalue weighted by Gasteiger charge is -2.16. The van der Waals surface area contributed by atoms with E-state index in [1.54, 1.807) is 4.90 Å². The molecule has 0 aromatic heterocycles. The Balaban J connectivity index is 3.38. The summed E-state index contributed by atoms with van der Waals surface area (Å²) in [6.45, 7) is 4.16. The fraction of sp³-hybridized carbons (Fsp3) is 0.889. The maximum atomic E-state index is 11.2. The number of rotatable bonds is 6. The standard InChI is InChI=1S/C9H21N3O/c1-3-11-9(13)12(2)8-6-4-5-7-10/h3-8,10H2,1-2H3,(H,11,13). The summed E-state index contributed by atoms with van der Waals surface area (Å²) in [5.41, 5.74) is 5.36. The molecule has 3 N–H and O–H groups in total. The van der Waals surface area contributed by atoms with E-state index in [-0.39, 0.29) is 6.03 Å². The van der Waals surface area contributed by atoms with Gasteiger partial charge in [-0.15, -0.1) is 0 Å². The van der Waals surface area contributed by atoms with Gasteiger partial charge in [0.1, 0.15) is 0 Å². The fourth-order valence-electron chi connectivity index (χ4n) is 1.06. The Morgan fingerprint density at radius 1 is 1.38 bits per heavy atom. The fourth-order valence-corrected chi connectivity index (χ4v) is 1.06. The Morgan fingerprint density at radius 3 is 2.62 bits per heavy atom. The van der Waals surface area contributed by atoms with E-state index in [2.05, 4.69) is 5.32 Å². The normalized spacial score (nSPS) is 9.77. The molecule has 0 aromatic carbocycles. The van der Waals surface area contributed by atoms with Gasteiger partial charge in [0.25, 0.3) is 0 Å². The van der Waals surface area contributed by atoms with Gasteiger partial charge >= 0.3 is 6.03 Å². The van der Waals surface area contributed by atoms with Crippen molar-refractivity contribution in [2.75, 3.05) is 26.7 Å². The second-order valence-corrected chi connectivity index (χ2v) is 3.11. The van der Waals surface area contributed by atoms with Crippen molar-refractivity contribution in [3.63, 3.8) is 0 Å². The van der Waals surface area contributed by atoms with Crippen LogP contribution in [0.2, 0.25) is 0 Å². The summed E-state index contributed by atoms with van der Waals surface area (Å²) in [6, 6.07) is 0.00949. The Hall–Kier alpha value is -0.770. The first-order chi connectivity index (χ1) is 6.22. The molecule has 4 nitrogen and oxygen atoms in total. The summed E-state index contributed by atoms with van der Waals surface area (Å²) >= 11 is 0. The number of carbonyl (C=O) groups is 1. The summed E-state index contributed by atoms with van der Waals surface area (Å²) in [4.78, 5) is 12.9. The SMILES string of the molecule is CCNC(=O)N(C)CCCCCN.